The highest BCUT2D eigenvalue weighted by Crippen LogP contribution is 2.24. The quantitative estimate of drug-likeness (QED) is 0.922. The summed E-state index contributed by atoms with van der Waals surface area (Å²) in [6.07, 6.45) is 3.24. The largest absolute Gasteiger partial charge is 0.337 e. The second kappa shape index (κ2) is 7.79. The van der Waals surface area contributed by atoms with E-state index in [0.29, 0.717) is 22.3 Å². The van der Waals surface area contributed by atoms with Gasteiger partial charge in [0.1, 0.15) is 0 Å². The molecule has 23 heavy (non-hydrogen) atoms. The highest BCUT2D eigenvalue weighted by atomic mass is 35.5. The number of rotatable bonds is 3. The Morgan fingerprint density at radius 1 is 1.30 bits per heavy atom. The molecule has 1 saturated heterocycles. The van der Waals surface area contributed by atoms with Crippen LogP contribution in [-0.4, -0.2) is 54.8 Å². The summed E-state index contributed by atoms with van der Waals surface area (Å²) in [4.78, 5) is 28.0. The lowest BCUT2D eigenvalue weighted by Crippen LogP contribution is -2.42. The molecule has 1 aromatic rings. The molecular formula is C17H24ClN3O2. The third kappa shape index (κ3) is 4.69. The number of likely N-dealkylation sites (tertiary alicyclic amines) is 1. The second-order valence-electron chi connectivity index (χ2n) is 6.24. The maximum Gasteiger partial charge on any atom is 0.255 e. The molecule has 0 bridgehead atoms. The van der Waals surface area contributed by atoms with Gasteiger partial charge in [-0.15, -0.1) is 0 Å². The van der Waals surface area contributed by atoms with Crippen molar-refractivity contribution in [3.63, 3.8) is 0 Å². The molecule has 1 aromatic carbocycles. The Morgan fingerprint density at radius 2 is 2.04 bits per heavy atom. The molecule has 1 aliphatic heterocycles. The Hall–Kier alpha value is -1.59. The number of hydrogen-bond acceptors (Lipinski definition) is 3. The van der Waals surface area contributed by atoms with E-state index in [0.717, 1.165) is 32.4 Å². The van der Waals surface area contributed by atoms with Crippen LogP contribution in [0.4, 0.5) is 5.69 Å². The van der Waals surface area contributed by atoms with Crippen molar-refractivity contribution in [2.45, 2.75) is 32.2 Å². The number of nitrogens with one attached hydrogen (secondary N) is 1. The Bertz CT molecular complexity index is 589. The van der Waals surface area contributed by atoms with Crippen LogP contribution in [0.15, 0.2) is 18.2 Å². The van der Waals surface area contributed by atoms with Crippen molar-refractivity contribution in [2.75, 3.05) is 32.5 Å². The minimum absolute atomic E-state index is 0.0434. The lowest BCUT2D eigenvalue weighted by atomic mass is 10.1. The van der Waals surface area contributed by atoms with Crippen molar-refractivity contribution in [3.05, 3.63) is 28.8 Å². The summed E-state index contributed by atoms with van der Waals surface area (Å²) >= 11 is 6.26. The average molecular weight is 338 g/mol. The topological polar surface area (TPSA) is 52.7 Å². The molecular weight excluding hydrogens is 314 g/mol. The number of hydrogen-bond donors (Lipinski definition) is 1. The minimum atomic E-state index is -0.165. The first-order valence-corrected chi connectivity index (χ1v) is 8.29. The van der Waals surface area contributed by atoms with E-state index in [4.69, 9.17) is 11.6 Å². The van der Waals surface area contributed by atoms with Crippen molar-refractivity contribution in [1.82, 2.24) is 9.80 Å². The van der Waals surface area contributed by atoms with Gasteiger partial charge in [-0.3, -0.25) is 9.59 Å². The second-order valence-corrected chi connectivity index (χ2v) is 6.65. The summed E-state index contributed by atoms with van der Waals surface area (Å²) in [6, 6.07) is 5.39. The third-order valence-electron chi connectivity index (χ3n) is 4.18. The fourth-order valence-corrected chi connectivity index (χ4v) is 3.13. The van der Waals surface area contributed by atoms with E-state index in [1.54, 1.807) is 18.2 Å². The number of carbonyl (C=O) groups excluding carboxylic acids is 2. The molecule has 0 aromatic heterocycles. The molecule has 2 amide bonds. The van der Waals surface area contributed by atoms with Gasteiger partial charge in [-0.05, 0) is 45.1 Å². The van der Waals surface area contributed by atoms with Crippen LogP contribution in [0.5, 0.6) is 0 Å². The van der Waals surface area contributed by atoms with Crippen LogP contribution in [0.25, 0.3) is 0 Å². The van der Waals surface area contributed by atoms with Crippen molar-refractivity contribution in [2.24, 2.45) is 0 Å². The normalized spacial score (nSPS) is 18.7. The Labute approximate surface area is 142 Å². The van der Waals surface area contributed by atoms with Crippen LogP contribution >= 0.6 is 11.6 Å². The lowest BCUT2D eigenvalue weighted by Gasteiger charge is -2.28. The molecule has 0 aliphatic carbocycles. The van der Waals surface area contributed by atoms with Crippen LogP contribution in [0, 0.1) is 0 Å². The van der Waals surface area contributed by atoms with Crippen LogP contribution in [0.3, 0.4) is 0 Å². The standard InChI is InChI=1S/C17H24ClN3O2/c1-12(22)19-13-7-8-15(16(18)10-13)17(23)21-9-5-4-6-14(11-21)20(2)3/h7-8,10,14H,4-6,9,11H2,1-3H3,(H,19,22)/t14-/m0/s1. The van der Waals surface area contributed by atoms with E-state index in [1.807, 2.05) is 19.0 Å². The third-order valence-corrected chi connectivity index (χ3v) is 4.50. The van der Waals surface area contributed by atoms with E-state index in [9.17, 15) is 9.59 Å². The fraction of sp³-hybridized carbons (Fsp3) is 0.529. The Morgan fingerprint density at radius 3 is 2.65 bits per heavy atom. The van der Waals surface area contributed by atoms with Crippen LogP contribution in [-0.2, 0) is 4.79 Å². The molecule has 1 atom stereocenters. The zero-order chi connectivity index (χ0) is 17.0. The van der Waals surface area contributed by atoms with Crippen molar-refractivity contribution in [1.29, 1.82) is 0 Å². The highest BCUT2D eigenvalue weighted by molar-refractivity contribution is 6.34. The molecule has 1 fully saturated rings. The molecule has 1 N–H and O–H groups in total. The Kier molecular flexibility index (Phi) is 6.02. The number of likely N-dealkylation sites (N-methyl/N-ethyl adjacent to an activating group) is 1. The first-order chi connectivity index (χ1) is 10.9. The van der Waals surface area contributed by atoms with Gasteiger partial charge in [-0.2, -0.15) is 0 Å². The van der Waals surface area contributed by atoms with Gasteiger partial charge in [0, 0.05) is 31.7 Å². The maximum absolute atomic E-state index is 12.8. The molecule has 0 saturated carbocycles. The van der Waals surface area contributed by atoms with Gasteiger partial charge in [-0.1, -0.05) is 18.0 Å². The van der Waals surface area contributed by atoms with Crippen molar-refractivity contribution >= 4 is 29.1 Å². The first-order valence-electron chi connectivity index (χ1n) is 7.91. The van der Waals surface area contributed by atoms with Crippen LogP contribution in [0.1, 0.15) is 36.5 Å². The molecule has 6 heteroatoms. The van der Waals surface area contributed by atoms with Gasteiger partial charge in [0.15, 0.2) is 0 Å². The van der Waals surface area contributed by atoms with Gasteiger partial charge in [-0.25, -0.2) is 0 Å². The summed E-state index contributed by atoms with van der Waals surface area (Å²) < 4.78 is 0. The molecule has 1 heterocycles. The van der Waals surface area contributed by atoms with E-state index in [1.165, 1.54) is 6.92 Å². The molecule has 0 unspecified atom stereocenters. The monoisotopic (exact) mass is 337 g/mol. The lowest BCUT2D eigenvalue weighted by molar-refractivity contribution is -0.114. The summed E-state index contributed by atoms with van der Waals surface area (Å²) in [5.74, 6) is -0.209. The number of carbonyl (C=O) groups is 2. The number of nitrogens with zero attached hydrogens (tertiary/aromatic N) is 2. The molecule has 1 aliphatic rings. The first kappa shape index (κ1) is 17.8. The molecule has 126 valence electrons. The fourth-order valence-electron chi connectivity index (χ4n) is 2.87. The predicted octanol–water partition coefficient (Wildman–Crippen LogP) is 2.85. The van der Waals surface area contributed by atoms with Gasteiger partial charge in [0.2, 0.25) is 5.91 Å². The van der Waals surface area contributed by atoms with Gasteiger partial charge in [0.25, 0.3) is 5.91 Å². The summed E-state index contributed by atoms with van der Waals surface area (Å²) in [7, 11) is 4.10. The summed E-state index contributed by atoms with van der Waals surface area (Å²) in [5.41, 5.74) is 1.08. The Balaban J connectivity index is 2.16. The smallest absolute Gasteiger partial charge is 0.255 e. The van der Waals surface area contributed by atoms with Crippen molar-refractivity contribution in [3.8, 4) is 0 Å². The zero-order valence-electron chi connectivity index (χ0n) is 13.9. The zero-order valence-corrected chi connectivity index (χ0v) is 14.7. The summed E-state index contributed by atoms with van der Waals surface area (Å²) in [5, 5.41) is 3.04. The van der Waals surface area contributed by atoms with Gasteiger partial charge >= 0.3 is 0 Å². The van der Waals surface area contributed by atoms with E-state index < -0.39 is 0 Å². The summed E-state index contributed by atoms with van der Waals surface area (Å²) in [6.45, 7) is 2.91. The molecule has 2 rings (SSSR count). The predicted molar refractivity (Wildman–Crippen MR) is 93.0 cm³/mol. The number of anilines is 1. The van der Waals surface area contributed by atoms with E-state index in [-0.39, 0.29) is 11.8 Å². The van der Waals surface area contributed by atoms with Gasteiger partial charge < -0.3 is 15.1 Å². The average Bonchev–Trinajstić information content (AvgIpc) is 2.72. The highest BCUT2D eigenvalue weighted by Gasteiger charge is 2.25. The van der Waals surface area contributed by atoms with Crippen molar-refractivity contribution < 1.29 is 9.59 Å². The van der Waals surface area contributed by atoms with Crippen LogP contribution < -0.4 is 5.32 Å². The van der Waals surface area contributed by atoms with E-state index >= 15 is 0 Å². The van der Waals surface area contributed by atoms with E-state index in [2.05, 4.69) is 10.2 Å². The number of amides is 2. The van der Waals surface area contributed by atoms with Gasteiger partial charge in [0.05, 0.1) is 10.6 Å². The SMILES string of the molecule is CC(=O)Nc1ccc(C(=O)N2CCCC[C@H](N(C)C)C2)c(Cl)c1. The number of halogens is 1. The molecule has 5 nitrogen and oxygen atoms in total. The molecule has 0 radical (unpaired) electrons. The number of benzene rings is 1. The minimum Gasteiger partial charge on any atom is -0.337 e. The van der Waals surface area contributed by atoms with Crippen LogP contribution in [0.2, 0.25) is 5.02 Å². The maximum atomic E-state index is 12.8. The molecule has 0 spiro atoms.